The number of hydrogen-bond acceptors (Lipinski definition) is 4. The molecule has 2 heterocycles. The highest BCUT2D eigenvalue weighted by Crippen LogP contribution is 2.38. The Balaban J connectivity index is 2.25. The van der Waals surface area contributed by atoms with Gasteiger partial charge >= 0.3 is 5.97 Å². The highest BCUT2D eigenvalue weighted by atomic mass is 16.5. The molecule has 0 aliphatic carbocycles. The molecule has 1 saturated heterocycles. The van der Waals surface area contributed by atoms with Crippen LogP contribution in [-0.2, 0) is 4.79 Å². The Morgan fingerprint density at radius 2 is 2.05 bits per heavy atom. The molecule has 1 N–H and O–H groups in total. The highest BCUT2D eigenvalue weighted by Gasteiger charge is 2.49. The molecule has 0 radical (unpaired) electrons. The lowest BCUT2D eigenvalue weighted by molar-refractivity contribution is -0.150. The summed E-state index contributed by atoms with van der Waals surface area (Å²) in [7, 11) is 0. The number of aliphatic carboxylic acids is 1. The molecule has 110 valence electrons. The minimum absolute atomic E-state index is 0.0255. The van der Waals surface area contributed by atoms with Crippen LogP contribution in [0.4, 0.5) is 0 Å². The lowest BCUT2D eigenvalue weighted by Gasteiger charge is -2.28. The zero-order chi connectivity index (χ0) is 15.1. The average molecular weight is 280 g/mol. The summed E-state index contributed by atoms with van der Waals surface area (Å²) in [6.45, 7) is 7.87. The molecule has 1 amide bonds. The number of aryl methyl sites for hydroxylation is 2. The number of carbonyl (C=O) groups excluding carboxylic acids is 1. The maximum atomic E-state index is 12.5. The Bertz CT molecular complexity index is 530. The van der Waals surface area contributed by atoms with Crippen LogP contribution in [0.5, 0.6) is 0 Å². The monoisotopic (exact) mass is 280 g/mol. The van der Waals surface area contributed by atoms with Gasteiger partial charge in [-0.25, -0.2) is 0 Å². The van der Waals surface area contributed by atoms with Gasteiger partial charge in [0.05, 0.1) is 11.1 Å². The molecular weight excluding hydrogens is 260 g/mol. The number of aromatic nitrogens is 1. The molecule has 20 heavy (non-hydrogen) atoms. The summed E-state index contributed by atoms with van der Waals surface area (Å²) in [5, 5.41) is 13.3. The molecule has 1 fully saturated rings. The van der Waals surface area contributed by atoms with Crippen molar-refractivity contribution in [3.05, 3.63) is 17.0 Å². The number of rotatable bonds is 3. The summed E-state index contributed by atoms with van der Waals surface area (Å²) in [6.07, 6.45) is 0.481. The second-order valence-corrected chi connectivity index (χ2v) is 5.79. The number of hydrogen-bond donors (Lipinski definition) is 1. The van der Waals surface area contributed by atoms with Crippen molar-refractivity contribution in [2.24, 2.45) is 11.3 Å². The molecule has 1 aromatic rings. The minimum Gasteiger partial charge on any atom is -0.481 e. The van der Waals surface area contributed by atoms with Crippen molar-refractivity contribution in [1.29, 1.82) is 0 Å². The molecule has 0 spiro atoms. The third-order valence-corrected chi connectivity index (χ3v) is 4.37. The molecule has 1 unspecified atom stereocenters. The fourth-order valence-corrected chi connectivity index (χ4v) is 2.85. The summed E-state index contributed by atoms with van der Waals surface area (Å²) < 4.78 is 5.01. The lowest BCUT2D eigenvalue weighted by Crippen LogP contribution is -2.40. The maximum Gasteiger partial charge on any atom is 0.311 e. The van der Waals surface area contributed by atoms with Gasteiger partial charge in [-0.2, -0.15) is 0 Å². The standard InChI is InChI=1S/C14H20N2O4/c1-8(2)14(13(18)19)5-6-16(7-14)12(17)11-9(3)15-20-10(11)4/h8H,5-7H2,1-4H3,(H,18,19). The van der Waals surface area contributed by atoms with Crippen molar-refractivity contribution in [1.82, 2.24) is 10.1 Å². The summed E-state index contributed by atoms with van der Waals surface area (Å²) >= 11 is 0. The average Bonchev–Trinajstić information content (AvgIpc) is 2.94. The Morgan fingerprint density at radius 3 is 2.45 bits per heavy atom. The van der Waals surface area contributed by atoms with Crippen molar-refractivity contribution in [3.8, 4) is 0 Å². The maximum absolute atomic E-state index is 12.5. The van der Waals surface area contributed by atoms with E-state index in [1.54, 1.807) is 18.7 Å². The largest absolute Gasteiger partial charge is 0.481 e. The van der Waals surface area contributed by atoms with Crippen molar-refractivity contribution in [2.45, 2.75) is 34.1 Å². The van der Waals surface area contributed by atoms with E-state index in [-0.39, 0.29) is 18.4 Å². The van der Waals surface area contributed by atoms with Gasteiger partial charge in [0.25, 0.3) is 5.91 Å². The van der Waals surface area contributed by atoms with E-state index >= 15 is 0 Å². The predicted molar refractivity (Wildman–Crippen MR) is 71.4 cm³/mol. The Morgan fingerprint density at radius 1 is 1.40 bits per heavy atom. The molecular formula is C14H20N2O4. The molecule has 6 heteroatoms. The summed E-state index contributed by atoms with van der Waals surface area (Å²) in [6, 6.07) is 0. The third-order valence-electron chi connectivity index (χ3n) is 4.37. The predicted octanol–water partition coefficient (Wildman–Crippen LogP) is 1.86. The molecule has 1 atom stereocenters. The smallest absolute Gasteiger partial charge is 0.311 e. The summed E-state index contributed by atoms with van der Waals surface area (Å²) in [5.74, 6) is -0.570. The van der Waals surface area contributed by atoms with Crippen LogP contribution in [0.2, 0.25) is 0 Å². The van der Waals surface area contributed by atoms with E-state index in [9.17, 15) is 14.7 Å². The van der Waals surface area contributed by atoms with Gasteiger partial charge in [-0.15, -0.1) is 0 Å². The van der Waals surface area contributed by atoms with Gasteiger partial charge in [-0.3, -0.25) is 9.59 Å². The number of amides is 1. The fraction of sp³-hybridized carbons (Fsp3) is 0.643. The van der Waals surface area contributed by atoms with E-state index in [0.29, 0.717) is 30.0 Å². The Labute approximate surface area is 117 Å². The molecule has 1 aromatic heterocycles. The zero-order valence-corrected chi connectivity index (χ0v) is 12.3. The van der Waals surface area contributed by atoms with Crippen LogP contribution in [0.25, 0.3) is 0 Å². The summed E-state index contributed by atoms with van der Waals surface area (Å²) in [4.78, 5) is 25.7. The second-order valence-electron chi connectivity index (χ2n) is 5.79. The van der Waals surface area contributed by atoms with Crippen LogP contribution >= 0.6 is 0 Å². The van der Waals surface area contributed by atoms with Crippen LogP contribution < -0.4 is 0 Å². The number of carboxylic acid groups (broad SMARTS) is 1. The van der Waals surface area contributed by atoms with Crippen molar-refractivity contribution < 1.29 is 19.2 Å². The van der Waals surface area contributed by atoms with Crippen molar-refractivity contribution in [3.63, 3.8) is 0 Å². The molecule has 0 saturated carbocycles. The van der Waals surface area contributed by atoms with Crippen LogP contribution in [0.15, 0.2) is 4.52 Å². The molecule has 1 aliphatic heterocycles. The van der Waals surface area contributed by atoms with Gasteiger partial charge in [-0.05, 0) is 26.2 Å². The first kappa shape index (κ1) is 14.6. The van der Waals surface area contributed by atoms with Gasteiger partial charge in [0.2, 0.25) is 0 Å². The number of carboxylic acids is 1. The number of likely N-dealkylation sites (tertiary alicyclic amines) is 1. The first-order chi connectivity index (χ1) is 9.29. The van der Waals surface area contributed by atoms with Gasteiger partial charge in [-0.1, -0.05) is 19.0 Å². The quantitative estimate of drug-likeness (QED) is 0.913. The van der Waals surface area contributed by atoms with Gasteiger partial charge < -0.3 is 14.5 Å². The van der Waals surface area contributed by atoms with E-state index in [0.717, 1.165) is 0 Å². The molecule has 0 aromatic carbocycles. The van der Waals surface area contributed by atoms with Crippen LogP contribution in [0.3, 0.4) is 0 Å². The van der Waals surface area contributed by atoms with E-state index in [2.05, 4.69) is 5.16 Å². The highest BCUT2D eigenvalue weighted by molar-refractivity contribution is 5.96. The summed E-state index contributed by atoms with van der Waals surface area (Å²) in [5.41, 5.74) is 0.147. The van der Waals surface area contributed by atoms with Crippen molar-refractivity contribution in [2.75, 3.05) is 13.1 Å². The van der Waals surface area contributed by atoms with Gasteiger partial charge in [0.15, 0.2) is 0 Å². The number of nitrogens with zero attached hydrogens (tertiary/aromatic N) is 2. The van der Waals surface area contributed by atoms with Crippen LogP contribution in [0, 0.1) is 25.2 Å². The Kier molecular flexibility index (Phi) is 3.58. The normalized spacial score (nSPS) is 22.6. The number of carbonyl (C=O) groups is 2. The molecule has 0 bridgehead atoms. The van der Waals surface area contributed by atoms with E-state index in [1.807, 2.05) is 13.8 Å². The molecule has 6 nitrogen and oxygen atoms in total. The first-order valence-electron chi connectivity index (χ1n) is 6.75. The van der Waals surface area contributed by atoms with Crippen molar-refractivity contribution >= 4 is 11.9 Å². The van der Waals surface area contributed by atoms with Crippen LogP contribution in [0.1, 0.15) is 42.1 Å². The zero-order valence-electron chi connectivity index (χ0n) is 12.3. The topological polar surface area (TPSA) is 83.6 Å². The van der Waals surface area contributed by atoms with Gasteiger partial charge in [0.1, 0.15) is 11.3 Å². The second kappa shape index (κ2) is 4.92. The minimum atomic E-state index is -0.853. The van der Waals surface area contributed by atoms with E-state index in [1.165, 1.54) is 0 Å². The third kappa shape index (κ3) is 2.09. The van der Waals surface area contributed by atoms with E-state index in [4.69, 9.17) is 4.52 Å². The fourth-order valence-electron chi connectivity index (χ4n) is 2.85. The molecule has 2 rings (SSSR count). The lowest BCUT2D eigenvalue weighted by atomic mass is 9.76. The molecule has 1 aliphatic rings. The van der Waals surface area contributed by atoms with Gasteiger partial charge in [0, 0.05) is 13.1 Å². The van der Waals surface area contributed by atoms with E-state index < -0.39 is 11.4 Å². The first-order valence-corrected chi connectivity index (χ1v) is 6.75. The Hall–Kier alpha value is -1.85. The van der Waals surface area contributed by atoms with Crippen LogP contribution in [-0.4, -0.2) is 40.1 Å². The SMILES string of the molecule is Cc1noc(C)c1C(=O)N1CCC(C(=O)O)(C(C)C)C1.